The quantitative estimate of drug-likeness (QED) is 0.129. The van der Waals surface area contributed by atoms with Gasteiger partial charge in [-0.15, -0.1) is 11.3 Å². The molecule has 3 N–H and O–H groups in total. The molecule has 0 spiro atoms. The maximum absolute atomic E-state index is 13.5. The summed E-state index contributed by atoms with van der Waals surface area (Å²) < 4.78 is 21.9. The number of fused-ring (bicyclic) bond motifs is 3. The van der Waals surface area contributed by atoms with Crippen LogP contribution in [0.4, 0.5) is 10.8 Å². The van der Waals surface area contributed by atoms with Crippen LogP contribution >= 0.6 is 11.3 Å². The SMILES string of the molecule is COC(=O)c1nc(NC(=O)CCCCCNc2ccc3c(cc2=O)[C@@H](NC(C)=O)CCc2cc(OC)c(OC)c(OC)c2-3)sc1CC(C)C. The summed E-state index contributed by atoms with van der Waals surface area (Å²) in [4.78, 5) is 55.6. The van der Waals surface area contributed by atoms with E-state index < -0.39 is 5.97 Å². The van der Waals surface area contributed by atoms with Crippen molar-refractivity contribution in [3.63, 3.8) is 0 Å². The second kappa shape index (κ2) is 17.1. The van der Waals surface area contributed by atoms with Gasteiger partial charge in [-0.3, -0.25) is 14.4 Å². The van der Waals surface area contributed by atoms with Crippen molar-refractivity contribution in [3.05, 3.63) is 56.2 Å². The summed E-state index contributed by atoms with van der Waals surface area (Å²) in [5.41, 5.74) is 3.67. The Hall–Kier alpha value is -4.65. The number of nitrogens with zero attached hydrogens (tertiary/aromatic N) is 1. The van der Waals surface area contributed by atoms with Crippen LogP contribution in [0.2, 0.25) is 0 Å². The molecular formula is C36H46N4O8S. The Morgan fingerprint density at radius 2 is 1.76 bits per heavy atom. The summed E-state index contributed by atoms with van der Waals surface area (Å²) in [7, 11) is 6.00. The van der Waals surface area contributed by atoms with Crippen LogP contribution < -0.4 is 35.6 Å². The number of thiazole rings is 1. The second-order valence-electron chi connectivity index (χ2n) is 12.3. The molecule has 1 aliphatic rings. The number of carbonyl (C=O) groups excluding carboxylic acids is 3. The van der Waals surface area contributed by atoms with Crippen molar-refractivity contribution in [2.24, 2.45) is 5.92 Å². The minimum Gasteiger partial charge on any atom is -0.493 e. The Bertz CT molecular complexity index is 1740. The van der Waals surface area contributed by atoms with Crippen molar-refractivity contribution in [2.45, 2.75) is 71.8 Å². The maximum Gasteiger partial charge on any atom is 0.357 e. The zero-order valence-corrected chi connectivity index (χ0v) is 30.1. The number of hydrogen-bond donors (Lipinski definition) is 3. The summed E-state index contributed by atoms with van der Waals surface area (Å²) >= 11 is 1.30. The van der Waals surface area contributed by atoms with E-state index in [1.165, 1.54) is 25.4 Å². The Labute approximate surface area is 290 Å². The number of benzene rings is 1. The van der Waals surface area contributed by atoms with Crippen molar-refractivity contribution in [1.82, 2.24) is 10.3 Å². The van der Waals surface area contributed by atoms with E-state index in [-0.39, 0.29) is 29.0 Å². The van der Waals surface area contributed by atoms with Gasteiger partial charge in [0, 0.05) is 30.3 Å². The Balaban J connectivity index is 1.44. The van der Waals surface area contributed by atoms with Crippen LogP contribution in [0.3, 0.4) is 0 Å². The average Bonchev–Trinajstić information content (AvgIpc) is 3.30. The predicted molar refractivity (Wildman–Crippen MR) is 190 cm³/mol. The number of aromatic nitrogens is 1. The average molecular weight is 695 g/mol. The molecule has 12 nitrogen and oxygen atoms in total. The van der Waals surface area contributed by atoms with Crippen molar-refractivity contribution < 1.29 is 33.3 Å². The number of unbranched alkanes of at least 4 members (excludes halogenated alkanes) is 2. The van der Waals surface area contributed by atoms with Gasteiger partial charge in [-0.25, -0.2) is 9.78 Å². The van der Waals surface area contributed by atoms with Crippen molar-refractivity contribution in [2.75, 3.05) is 45.6 Å². The van der Waals surface area contributed by atoms with Crippen LogP contribution in [0, 0.1) is 5.92 Å². The number of ether oxygens (including phenoxy) is 4. The van der Waals surface area contributed by atoms with Crippen molar-refractivity contribution in [1.29, 1.82) is 0 Å². The third-order valence-corrected chi connectivity index (χ3v) is 9.22. The fourth-order valence-electron chi connectivity index (χ4n) is 6.02. The number of anilines is 2. The molecule has 2 amide bonds. The number of methoxy groups -OCH3 is 4. The fraction of sp³-hybridized carbons (Fsp3) is 0.472. The minimum absolute atomic E-state index is 0.175. The van der Waals surface area contributed by atoms with E-state index in [9.17, 15) is 19.2 Å². The fourth-order valence-corrected chi connectivity index (χ4v) is 7.19. The molecule has 0 bridgehead atoms. The molecule has 13 heteroatoms. The number of rotatable bonds is 15. The maximum atomic E-state index is 13.5. The largest absolute Gasteiger partial charge is 0.493 e. The molecule has 1 aliphatic carbocycles. The lowest BCUT2D eigenvalue weighted by Crippen LogP contribution is -2.26. The molecule has 0 aliphatic heterocycles. The predicted octanol–water partition coefficient (Wildman–Crippen LogP) is 5.92. The molecule has 1 atom stereocenters. The summed E-state index contributed by atoms with van der Waals surface area (Å²) in [6.07, 6.45) is 4.28. The third-order valence-electron chi connectivity index (χ3n) is 8.23. The van der Waals surface area contributed by atoms with E-state index in [0.29, 0.717) is 78.2 Å². The van der Waals surface area contributed by atoms with E-state index >= 15 is 0 Å². The summed E-state index contributed by atoms with van der Waals surface area (Å²) in [5.74, 6) is 0.919. The molecule has 3 aromatic rings. The molecule has 0 fully saturated rings. The van der Waals surface area contributed by atoms with Gasteiger partial charge in [-0.1, -0.05) is 26.3 Å². The van der Waals surface area contributed by atoms with Crippen molar-refractivity contribution >= 4 is 39.9 Å². The molecule has 1 heterocycles. The van der Waals surface area contributed by atoms with Crippen LogP contribution in [0.15, 0.2) is 29.1 Å². The first kappa shape index (κ1) is 37.2. The van der Waals surface area contributed by atoms with Gasteiger partial charge in [0.15, 0.2) is 22.3 Å². The lowest BCUT2D eigenvalue weighted by Gasteiger charge is -2.19. The van der Waals surface area contributed by atoms with Gasteiger partial charge in [0.25, 0.3) is 0 Å². The summed E-state index contributed by atoms with van der Waals surface area (Å²) in [5, 5.41) is 9.48. The first-order valence-corrected chi connectivity index (χ1v) is 17.2. The van der Waals surface area contributed by atoms with Crippen LogP contribution in [-0.2, 0) is 27.2 Å². The van der Waals surface area contributed by atoms with Gasteiger partial charge in [0.05, 0.1) is 40.2 Å². The number of esters is 1. The first-order valence-electron chi connectivity index (χ1n) is 16.4. The highest BCUT2D eigenvalue weighted by atomic mass is 32.1. The van der Waals surface area contributed by atoms with Gasteiger partial charge in [-0.2, -0.15) is 0 Å². The van der Waals surface area contributed by atoms with Gasteiger partial charge >= 0.3 is 5.97 Å². The Morgan fingerprint density at radius 1 is 1.00 bits per heavy atom. The number of amides is 2. The lowest BCUT2D eigenvalue weighted by atomic mass is 9.95. The van der Waals surface area contributed by atoms with E-state index in [2.05, 4.69) is 20.9 Å². The van der Waals surface area contributed by atoms with Crippen LogP contribution in [-0.4, -0.2) is 57.8 Å². The summed E-state index contributed by atoms with van der Waals surface area (Å²) in [6.45, 7) is 6.09. The zero-order valence-electron chi connectivity index (χ0n) is 29.2. The zero-order chi connectivity index (χ0) is 35.7. The van der Waals surface area contributed by atoms with Gasteiger partial charge in [0.1, 0.15) is 0 Å². The first-order chi connectivity index (χ1) is 23.5. The monoisotopic (exact) mass is 694 g/mol. The molecule has 0 saturated carbocycles. The molecule has 0 radical (unpaired) electrons. The lowest BCUT2D eigenvalue weighted by molar-refractivity contribution is -0.119. The molecule has 2 aromatic carbocycles. The van der Waals surface area contributed by atoms with E-state index in [4.69, 9.17) is 18.9 Å². The molecule has 1 aromatic heterocycles. The van der Waals surface area contributed by atoms with E-state index in [1.807, 2.05) is 26.0 Å². The van der Waals surface area contributed by atoms with E-state index in [1.54, 1.807) is 33.5 Å². The Kier molecular flexibility index (Phi) is 13.0. The third kappa shape index (κ3) is 9.08. The number of carbonyl (C=O) groups is 3. The van der Waals surface area contributed by atoms with Gasteiger partial charge in [0.2, 0.25) is 23.0 Å². The van der Waals surface area contributed by atoms with Crippen molar-refractivity contribution in [3.8, 4) is 28.4 Å². The second-order valence-corrected chi connectivity index (χ2v) is 13.3. The smallest absolute Gasteiger partial charge is 0.357 e. The number of hydrogen-bond acceptors (Lipinski definition) is 11. The Morgan fingerprint density at radius 3 is 2.41 bits per heavy atom. The molecule has 264 valence electrons. The standard InChI is InChI=1S/C36H46N4O8S/c1-20(2)17-29-32(35(44)48-7)40-36(49-29)39-30(43)11-9-8-10-16-37-26-15-13-23-24(19-27(26)42)25(38-21(3)41)14-12-22-18-28(45-4)33(46-5)34(47-6)31(22)23/h13,15,18-20,25H,8-12,14,16-17H2,1-7H3,(H,37,42)(H,38,41)(H,39,40,43)/t25-/m0/s1. The van der Waals surface area contributed by atoms with Crippen LogP contribution in [0.5, 0.6) is 17.2 Å². The topological polar surface area (TPSA) is 154 Å². The van der Waals surface area contributed by atoms with Gasteiger partial charge < -0.3 is 34.9 Å². The molecular weight excluding hydrogens is 648 g/mol. The van der Waals surface area contributed by atoms with Gasteiger partial charge in [-0.05, 0) is 72.9 Å². The van der Waals surface area contributed by atoms with E-state index in [0.717, 1.165) is 34.4 Å². The highest BCUT2D eigenvalue weighted by Crippen LogP contribution is 2.50. The summed E-state index contributed by atoms with van der Waals surface area (Å²) in [6, 6.07) is 6.76. The van der Waals surface area contributed by atoms with Crippen LogP contribution in [0.1, 0.15) is 85.4 Å². The normalized spacial score (nSPS) is 13.4. The number of aryl methyl sites for hydroxylation is 1. The molecule has 4 rings (SSSR count). The molecule has 0 saturated heterocycles. The highest BCUT2D eigenvalue weighted by Gasteiger charge is 2.29. The molecule has 0 unspecified atom stereocenters. The minimum atomic E-state index is -0.512. The number of nitrogens with one attached hydrogen (secondary N) is 3. The van der Waals surface area contributed by atoms with Crippen LogP contribution in [0.25, 0.3) is 11.1 Å². The highest BCUT2D eigenvalue weighted by molar-refractivity contribution is 7.16. The molecule has 49 heavy (non-hydrogen) atoms.